The number of halogens is 1. The van der Waals surface area contributed by atoms with E-state index in [0.717, 1.165) is 10.4 Å². The number of nitrogens with zero attached hydrogens (tertiary/aromatic N) is 1. The van der Waals surface area contributed by atoms with E-state index in [0.29, 0.717) is 27.8 Å². The predicted octanol–water partition coefficient (Wildman–Crippen LogP) is 4.52. The van der Waals surface area contributed by atoms with E-state index < -0.39 is 11.8 Å². The molecule has 0 spiro atoms. The quantitative estimate of drug-likeness (QED) is 0.613. The van der Waals surface area contributed by atoms with Crippen LogP contribution in [0.25, 0.3) is 11.3 Å². The number of benzene rings is 1. The Balaban J connectivity index is 1.65. The molecule has 0 aliphatic heterocycles. The van der Waals surface area contributed by atoms with Crippen LogP contribution in [0.4, 0.5) is 9.39 Å². The van der Waals surface area contributed by atoms with Crippen molar-refractivity contribution in [3.05, 3.63) is 58.2 Å². The van der Waals surface area contributed by atoms with Gasteiger partial charge in [0.25, 0.3) is 0 Å². The highest BCUT2D eigenvalue weighted by atomic mass is 32.1. The van der Waals surface area contributed by atoms with Gasteiger partial charge in [0.05, 0.1) is 24.4 Å². The molecular formula is C20H19FN2O4S. The summed E-state index contributed by atoms with van der Waals surface area (Å²) in [6.45, 7) is 3.68. The van der Waals surface area contributed by atoms with Gasteiger partial charge in [-0.25, -0.2) is 14.2 Å². The van der Waals surface area contributed by atoms with Crippen LogP contribution >= 0.6 is 11.3 Å². The lowest BCUT2D eigenvalue weighted by Gasteiger charge is -2.05. The maximum Gasteiger partial charge on any atom is 0.341 e. The number of ether oxygens (including phenoxy) is 1. The third kappa shape index (κ3) is 4.12. The molecule has 1 aromatic carbocycles. The highest BCUT2D eigenvalue weighted by Gasteiger charge is 2.21. The van der Waals surface area contributed by atoms with Crippen LogP contribution in [0.1, 0.15) is 33.1 Å². The van der Waals surface area contributed by atoms with Crippen molar-refractivity contribution in [2.24, 2.45) is 0 Å². The Morgan fingerprint density at radius 1 is 1.29 bits per heavy atom. The number of thiophene rings is 1. The summed E-state index contributed by atoms with van der Waals surface area (Å²) in [4.78, 5) is 29.3. The molecule has 1 amide bonds. The molecule has 0 saturated heterocycles. The smallest absolute Gasteiger partial charge is 0.341 e. The molecule has 0 radical (unpaired) electrons. The Bertz CT molecular complexity index is 1030. The van der Waals surface area contributed by atoms with Crippen LogP contribution < -0.4 is 5.32 Å². The van der Waals surface area contributed by atoms with E-state index in [-0.39, 0.29) is 18.7 Å². The van der Waals surface area contributed by atoms with E-state index in [9.17, 15) is 14.0 Å². The lowest BCUT2D eigenvalue weighted by Crippen LogP contribution is -2.14. The Morgan fingerprint density at radius 3 is 2.75 bits per heavy atom. The Hall–Kier alpha value is -3.00. The summed E-state index contributed by atoms with van der Waals surface area (Å²) in [5, 5.41) is 3.22. The minimum atomic E-state index is -0.487. The second kappa shape index (κ2) is 8.35. The van der Waals surface area contributed by atoms with Gasteiger partial charge in [0.2, 0.25) is 5.91 Å². The molecule has 3 aromatic rings. The number of rotatable bonds is 6. The molecule has 2 heterocycles. The van der Waals surface area contributed by atoms with E-state index in [2.05, 4.69) is 10.3 Å². The summed E-state index contributed by atoms with van der Waals surface area (Å²) < 4.78 is 24.2. The summed E-state index contributed by atoms with van der Waals surface area (Å²) in [6.07, 6.45) is 1.79. The van der Waals surface area contributed by atoms with Crippen LogP contribution in [0.2, 0.25) is 0 Å². The Kier molecular flexibility index (Phi) is 5.89. The summed E-state index contributed by atoms with van der Waals surface area (Å²) in [6, 6.07) is 6.24. The third-order valence-electron chi connectivity index (χ3n) is 4.29. The lowest BCUT2D eigenvalue weighted by atomic mass is 10.1. The summed E-state index contributed by atoms with van der Waals surface area (Å²) in [7, 11) is 1.30. The first-order chi connectivity index (χ1) is 13.4. The normalized spacial score (nSPS) is 10.7. The SMILES string of the molecule is COC(=O)c1c(NC(=O)CCc2ncc(-c3ccccc3F)o2)sc(C)c1C. The number of nitrogens with one attached hydrogen (secondary N) is 1. The number of oxazole rings is 1. The van der Waals surface area contributed by atoms with E-state index in [1.54, 1.807) is 18.2 Å². The summed E-state index contributed by atoms with van der Waals surface area (Å²) >= 11 is 1.32. The molecule has 8 heteroatoms. The van der Waals surface area contributed by atoms with E-state index >= 15 is 0 Å². The number of amides is 1. The number of anilines is 1. The minimum Gasteiger partial charge on any atom is -0.465 e. The largest absolute Gasteiger partial charge is 0.465 e. The number of aromatic nitrogens is 1. The van der Waals surface area contributed by atoms with Crippen molar-refractivity contribution >= 4 is 28.2 Å². The van der Waals surface area contributed by atoms with Crippen molar-refractivity contribution < 1.29 is 23.1 Å². The maximum absolute atomic E-state index is 13.8. The van der Waals surface area contributed by atoms with Crippen LogP contribution in [0, 0.1) is 19.7 Å². The van der Waals surface area contributed by atoms with E-state index in [1.807, 2.05) is 13.8 Å². The van der Waals surface area contributed by atoms with E-state index in [4.69, 9.17) is 9.15 Å². The molecule has 0 saturated carbocycles. The molecule has 28 heavy (non-hydrogen) atoms. The predicted molar refractivity (Wildman–Crippen MR) is 104 cm³/mol. The van der Waals surface area contributed by atoms with Crippen molar-refractivity contribution in [3.8, 4) is 11.3 Å². The van der Waals surface area contributed by atoms with Crippen molar-refractivity contribution in [1.82, 2.24) is 4.98 Å². The van der Waals surface area contributed by atoms with Gasteiger partial charge in [-0.15, -0.1) is 11.3 Å². The van der Waals surface area contributed by atoms with Gasteiger partial charge < -0.3 is 14.5 Å². The number of aryl methyl sites for hydroxylation is 2. The van der Waals surface area contributed by atoms with Crippen molar-refractivity contribution in [2.45, 2.75) is 26.7 Å². The van der Waals surface area contributed by atoms with Gasteiger partial charge in [-0.2, -0.15) is 0 Å². The second-order valence-electron chi connectivity index (χ2n) is 6.13. The first-order valence-electron chi connectivity index (χ1n) is 8.58. The van der Waals surface area contributed by atoms with Gasteiger partial charge in [-0.1, -0.05) is 12.1 Å². The molecule has 0 unspecified atom stereocenters. The van der Waals surface area contributed by atoms with Crippen LogP contribution in [-0.2, 0) is 16.0 Å². The van der Waals surface area contributed by atoms with Crippen LogP contribution in [0.3, 0.4) is 0 Å². The van der Waals surface area contributed by atoms with Crippen LogP contribution in [0.15, 0.2) is 34.9 Å². The average Bonchev–Trinajstić information content (AvgIpc) is 3.25. The fourth-order valence-electron chi connectivity index (χ4n) is 2.68. The lowest BCUT2D eigenvalue weighted by molar-refractivity contribution is -0.116. The number of carbonyl (C=O) groups excluding carboxylic acids is 2. The Morgan fingerprint density at radius 2 is 2.04 bits per heavy atom. The van der Waals surface area contributed by atoms with Crippen LogP contribution in [0.5, 0.6) is 0 Å². The van der Waals surface area contributed by atoms with Gasteiger partial charge in [-0.3, -0.25) is 4.79 Å². The molecule has 2 aromatic heterocycles. The van der Waals surface area contributed by atoms with Crippen LogP contribution in [-0.4, -0.2) is 24.0 Å². The maximum atomic E-state index is 13.8. The van der Waals surface area contributed by atoms with Gasteiger partial charge >= 0.3 is 5.97 Å². The number of methoxy groups -OCH3 is 1. The van der Waals surface area contributed by atoms with Gasteiger partial charge in [0.1, 0.15) is 10.8 Å². The van der Waals surface area contributed by atoms with Crippen molar-refractivity contribution in [1.29, 1.82) is 0 Å². The molecular weight excluding hydrogens is 383 g/mol. The zero-order chi connectivity index (χ0) is 20.3. The summed E-state index contributed by atoms with van der Waals surface area (Å²) in [5.74, 6) is -0.524. The zero-order valence-electron chi connectivity index (χ0n) is 15.7. The number of hydrogen-bond donors (Lipinski definition) is 1. The molecule has 0 fully saturated rings. The van der Waals surface area contributed by atoms with Gasteiger partial charge in [0, 0.05) is 17.7 Å². The number of carbonyl (C=O) groups is 2. The second-order valence-corrected chi connectivity index (χ2v) is 7.35. The van der Waals surface area contributed by atoms with Gasteiger partial charge in [-0.05, 0) is 31.5 Å². The number of hydrogen-bond acceptors (Lipinski definition) is 6. The van der Waals surface area contributed by atoms with Crippen molar-refractivity contribution in [2.75, 3.05) is 12.4 Å². The molecule has 146 valence electrons. The average molecular weight is 402 g/mol. The molecule has 0 atom stereocenters. The van der Waals surface area contributed by atoms with Gasteiger partial charge in [0.15, 0.2) is 11.7 Å². The van der Waals surface area contributed by atoms with E-state index in [1.165, 1.54) is 30.7 Å². The molecule has 0 bridgehead atoms. The molecule has 0 aliphatic carbocycles. The molecule has 0 aliphatic rings. The monoisotopic (exact) mass is 402 g/mol. The fraction of sp³-hybridized carbons (Fsp3) is 0.250. The standard InChI is InChI=1S/C20H19FN2O4S/c1-11-12(2)28-19(18(11)20(25)26-3)23-16(24)8-9-17-22-10-15(27-17)13-6-4-5-7-14(13)21/h4-7,10H,8-9H2,1-3H3,(H,23,24). The topological polar surface area (TPSA) is 81.4 Å². The molecule has 1 N–H and O–H groups in total. The fourth-order valence-corrected chi connectivity index (χ4v) is 3.75. The first kappa shape index (κ1) is 19.8. The highest BCUT2D eigenvalue weighted by Crippen LogP contribution is 2.33. The zero-order valence-corrected chi connectivity index (χ0v) is 16.5. The number of esters is 1. The Labute approximate surface area is 165 Å². The third-order valence-corrected chi connectivity index (χ3v) is 5.41. The first-order valence-corrected chi connectivity index (χ1v) is 9.40. The molecule has 6 nitrogen and oxygen atoms in total. The van der Waals surface area contributed by atoms with Crippen molar-refractivity contribution in [3.63, 3.8) is 0 Å². The summed E-state index contributed by atoms with van der Waals surface area (Å²) in [5.41, 5.74) is 1.48. The highest BCUT2D eigenvalue weighted by molar-refractivity contribution is 7.16. The minimum absolute atomic E-state index is 0.105. The molecule has 3 rings (SSSR count).